The summed E-state index contributed by atoms with van der Waals surface area (Å²) in [5.41, 5.74) is 2.66. The minimum atomic E-state index is -0.424. The molecule has 132 valence electrons. The van der Waals surface area contributed by atoms with Gasteiger partial charge in [0.15, 0.2) is 0 Å². The zero-order valence-corrected chi connectivity index (χ0v) is 15.0. The van der Waals surface area contributed by atoms with Crippen LogP contribution in [0, 0.1) is 0 Å². The zero-order valence-electron chi connectivity index (χ0n) is 15.0. The molecule has 0 aliphatic carbocycles. The van der Waals surface area contributed by atoms with Crippen molar-refractivity contribution in [3.63, 3.8) is 0 Å². The first kappa shape index (κ1) is 18.7. The van der Waals surface area contributed by atoms with Crippen molar-refractivity contribution in [2.45, 2.75) is 26.3 Å². The molecular weight excluding hydrogens is 314 g/mol. The van der Waals surface area contributed by atoms with Gasteiger partial charge in [0.1, 0.15) is 0 Å². The number of amides is 2. The van der Waals surface area contributed by atoms with Crippen molar-refractivity contribution in [3.8, 4) is 0 Å². The largest absolute Gasteiger partial charge is 0.325 e. The number of benzene rings is 2. The Morgan fingerprint density at radius 2 is 1.64 bits per heavy atom. The molecule has 0 heterocycles. The van der Waals surface area contributed by atoms with Gasteiger partial charge >= 0.3 is 0 Å². The Balaban J connectivity index is 1.90. The van der Waals surface area contributed by atoms with E-state index in [4.69, 9.17) is 0 Å². The SMILES string of the molecule is CCc1ccccc1NC(=O)CN(C)C(C)C(=O)Nc1ccccc1. The van der Waals surface area contributed by atoms with Crippen LogP contribution in [0.4, 0.5) is 11.4 Å². The lowest BCUT2D eigenvalue weighted by atomic mass is 10.1. The Morgan fingerprint density at radius 1 is 1.00 bits per heavy atom. The molecule has 0 spiro atoms. The smallest absolute Gasteiger partial charge is 0.241 e. The lowest BCUT2D eigenvalue weighted by Crippen LogP contribution is -2.43. The van der Waals surface area contributed by atoms with Crippen LogP contribution in [0.15, 0.2) is 54.6 Å². The number of hydrogen-bond acceptors (Lipinski definition) is 3. The number of nitrogens with one attached hydrogen (secondary N) is 2. The van der Waals surface area contributed by atoms with Gasteiger partial charge in [0.05, 0.1) is 12.6 Å². The highest BCUT2D eigenvalue weighted by molar-refractivity contribution is 5.96. The number of nitrogens with zero attached hydrogens (tertiary/aromatic N) is 1. The van der Waals surface area contributed by atoms with Gasteiger partial charge < -0.3 is 10.6 Å². The molecule has 5 heteroatoms. The summed E-state index contributed by atoms with van der Waals surface area (Å²) < 4.78 is 0. The number of anilines is 2. The molecule has 0 aliphatic rings. The molecule has 1 unspecified atom stereocenters. The quantitative estimate of drug-likeness (QED) is 0.815. The van der Waals surface area contributed by atoms with E-state index >= 15 is 0 Å². The predicted octanol–water partition coefficient (Wildman–Crippen LogP) is 3.15. The maximum absolute atomic E-state index is 12.3. The molecule has 1 atom stereocenters. The molecular formula is C20H25N3O2. The molecule has 2 aromatic rings. The highest BCUT2D eigenvalue weighted by Crippen LogP contribution is 2.15. The van der Waals surface area contributed by atoms with Crippen LogP contribution >= 0.6 is 0 Å². The second kappa shape index (κ2) is 8.99. The highest BCUT2D eigenvalue weighted by atomic mass is 16.2. The van der Waals surface area contributed by atoms with Gasteiger partial charge in [-0.05, 0) is 44.2 Å². The summed E-state index contributed by atoms with van der Waals surface area (Å²) in [5, 5.41) is 5.78. The number of carbonyl (C=O) groups excluding carboxylic acids is 2. The number of likely N-dealkylation sites (N-methyl/N-ethyl adjacent to an activating group) is 1. The first-order chi connectivity index (χ1) is 12.0. The molecule has 5 nitrogen and oxygen atoms in total. The predicted molar refractivity (Wildman–Crippen MR) is 102 cm³/mol. The number of aryl methyl sites for hydroxylation is 1. The van der Waals surface area contributed by atoms with E-state index in [2.05, 4.69) is 10.6 Å². The van der Waals surface area contributed by atoms with Gasteiger partial charge in [-0.2, -0.15) is 0 Å². The normalized spacial score (nSPS) is 11.8. The van der Waals surface area contributed by atoms with Gasteiger partial charge in [-0.3, -0.25) is 14.5 Å². The van der Waals surface area contributed by atoms with Crippen LogP contribution in [0.1, 0.15) is 19.4 Å². The molecule has 0 radical (unpaired) electrons. The Morgan fingerprint density at radius 3 is 2.32 bits per heavy atom. The van der Waals surface area contributed by atoms with Crippen molar-refractivity contribution in [1.82, 2.24) is 4.90 Å². The Labute approximate surface area is 149 Å². The fraction of sp³-hybridized carbons (Fsp3) is 0.300. The molecule has 0 saturated carbocycles. The van der Waals surface area contributed by atoms with E-state index in [0.29, 0.717) is 0 Å². The van der Waals surface area contributed by atoms with Crippen LogP contribution in [0.5, 0.6) is 0 Å². The van der Waals surface area contributed by atoms with Gasteiger partial charge in [-0.1, -0.05) is 43.3 Å². The summed E-state index contributed by atoms with van der Waals surface area (Å²) in [7, 11) is 1.76. The fourth-order valence-electron chi connectivity index (χ4n) is 2.47. The summed E-state index contributed by atoms with van der Waals surface area (Å²) in [6.45, 7) is 3.97. The van der Waals surface area contributed by atoms with Gasteiger partial charge in [0, 0.05) is 11.4 Å². The van der Waals surface area contributed by atoms with E-state index in [9.17, 15) is 9.59 Å². The van der Waals surface area contributed by atoms with E-state index in [1.165, 1.54) is 0 Å². The van der Waals surface area contributed by atoms with Gasteiger partial charge in [0.25, 0.3) is 0 Å². The second-order valence-corrected chi connectivity index (χ2v) is 6.01. The van der Waals surface area contributed by atoms with E-state index in [1.54, 1.807) is 18.9 Å². The second-order valence-electron chi connectivity index (χ2n) is 6.01. The van der Waals surface area contributed by atoms with Crippen molar-refractivity contribution < 1.29 is 9.59 Å². The monoisotopic (exact) mass is 339 g/mol. The number of para-hydroxylation sites is 2. The summed E-state index contributed by atoms with van der Waals surface area (Å²) in [6, 6.07) is 16.6. The van der Waals surface area contributed by atoms with Crippen LogP contribution in [-0.2, 0) is 16.0 Å². The third-order valence-corrected chi connectivity index (χ3v) is 4.15. The number of hydrogen-bond donors (Lipinski definition) is 2. The molecule has 2 amide bonds. The van der Waals surface area contributed by atoms with Crippen molar-refractivity contribution in [3.05, 3.63) is 60.2 Å². The maximum Gasteiger partial charge on any atom is 0.241 e. The van der Waals surface area contributed by atoms with E-state index in [0.717, 1.165) is 23.4 Å². The number of carbonyl (C=O) groups is 2. The van der Waals surface area contributed by atoms with Crippen molar-refractivity contribution in [2.75, 3.05) is 24.2 Å². The van der Waals surface area contributed by atoms with Crippen LogP contribution in [-0.4, -0.2) is 36.3 Å². The van der Waals surface area contributed by atoms with Crippen LogP contribution in [0.2, 0.25) is 0 Å². The Hall–Kier alpha value is -2.66. The first-order valence-corrected chi connectivity index (χ1v) is 8.45. The van der Waals surface area contributed by atoms with Crippen LogP contribution in [0.25, 0.3) is 0 Å². The van der Waals surface area contributed by atoms with Crippen molar-refractivity contribution in [2.24, 2.45) is 0 Å². The maximum atomic E-state index is 12.3. The third-order valence-electron chi connectivity index (χ3n) is 4.15. The molecule has 0 saturated heterocycles. The summed E-state index contributed by atoms with van der Waals surface area (Å²) in [5.74, 6) is -0.279. The molecule has 2 aromatic carbocycles. The van der Waals surface area contributed by atoms with Gasteiger partial charge in [-0.15, -0.1) is 0 Å². The molecule has 2 N–H and O–H groups in total. The molecule has 2 rings (SSSR count). The third kappa shape index (κ3) is 5.43. The summed E-state index contributed by atoms with van der Waals surface area (Å²) >= 11 is 0. The van der Waals surface area contributed by atoms with Gasteiger partial charge in [0.2, 0.25) is 11.8 Å². The Kier molecular flexibility index (Phi) is 6.71. The molecule has 0 bridgehead atoms. The fourth-order valence-corrected chi connectivity index (χ4v) is 2.47. The van der Waals surface area contributed by atoms with E-state index in [-0.39, 0.29) is 18.4 Å². The molecule has 0 fully saturated rings. The van der Waals surface area contributed by atoms with Crippen LogP contribution < -0.4 is 10.6 Å². The molecule has 25 heavy (non-hydrogen) atoms. The lowest BCUT2D eigenvalue weighted by Gasteiger charge is -2.23. The van der Waals surface area contributed by atoms with Crippen molar-refractivity contribution in [1.29, 1.82) is 0 Å². The van der Waals surface area contributed by atoms with Crippen LogP contribution in [0.3, 0.4) is 0 Å². The molecule has 0 aromatic heterocycles. The minimum Gasteiger partial charge on any atom is -0.325 e. The van der Waals surface area contributed by atoms with E-state index in [1.807, 2.05) is 61.5 Å². The standard InChI is InChI=1S/C20H25N3O2/c1-4-16-10-8-9-13-18(16)22-19(24)14-23(3)15(2)20(25)21-17-11-6-5-7-12-17/h5-13,15H,4,14H2,1-3H3,(H,21,25)(H,22,24). The highest BCUT2D eigenvalue weighted by Gasteiger charge is 2.20. The van der Waals surface area contributed by atoms with E-state index < -0.39 is 6.04 Å². The molecule has 0 aliphatic heterocycles. The van der Waals surface area contributed by atoms with Crippen molar-refractivity contribution >= 4 is 23.2 Å². The summed E-state index contributed by atoms with van der Waals surface area (Å²) in [6.07, 6.45) is 0.849. The van der Waals surface area contributed by atoms with Gasteiger partial charge in [-0.25, -0.2) is 0 Å². The zero-order chi connectivity index (χ0) is 18.2. The average molecular weight is 339 g/mol. The minimum absolute atomic E-state index is 0.136. The topological polar surface area (TPSA) is 61.4 Å². The lowest BCUT2D eigenvalue weighted by molar-refractivity contribution is -0.122. The Bertz CT molecular complexity index is 716. The summed E-state index contributed by atoms with van der Waals surface area (Å²) in [4.78, 5) is 26.3. The first-order valence-electron chi connectivity index (χ1n) is 8.45. The average Bonchev–Trinajstić information content (AvgIpc) is 2.62. The number of rotatable bonds is 7.